The van der Waals surface area contributed by atoms with E-state index in [4.69, 9.17) is 0 Å². The van der Waals surface area contributed by atoms with Gasteiger partial charge in [-0.1, -0.05) is 12.1 Å². The van der Waals surface area contributed by atoms with Crippen LogP contribution in [0.2, 0.25) is 0 Å². The molecule has 3 rings (SSSR count). The summed E-state index contributed by atoms with van der Waals surface area (Å²) in [6, 6.07) is 7.59. The van der Waals surface area contributed by atoms with Gasteiger partial charge < -0.3 is 15.3 Å². The Kier molecular flexibility index (Phi) is 4.23. The molecule has 116 valence electrons. The first kappa shape index (κ1) is 14.9. The molecule has 0 radical (unpaired) electrons. The fraction of sp³-hybridized carbons (Fsp3) is 0.667. The first-order chi connectivity index (χ1) is 10.0. The van der Waals surface area contributed by atoms with Crippen LogP contribution in [0.15, 0.2) is 18.2 Å². The third-order valence-corrected chi connectivity index (χ3v) is 4.84. The van der Waals surface area contributed by atoms with Gasteiger partial charge in [0.2, 0.25) is 0 Å². The van der Waals surface area contributed by atoms with Crippen molar-refractivity contribution in [2.75, 3.05) is 18.0 Å². The van der Waals surface area contributed by atoms with Crippen LogP contribution in [-0.2, 0) is 6.54 Å². The van der Waals surface area contributed by atoms with Gasteiger partial charge in [0.15, 0.2) is 0 Å². The first-order valence-corrected chi connectivity index (χ1v) is 8.34. The lowest BCUT2D eigenvalue weighted by Crippen LogP contribution is -2.28. The van der Waals surface area contributed by atoms with Gasteiger partial charge in [-0.2, -0.15) is 0 Å². The molecule has 1 saturated heterocycles. The zero-order valence-electron chi connectivity index (χ0n) is 13.4. The Morgan fingerprint density at radius 3 is 2.81 bits per heavy atom. The molecule has 1 unspecified atom stereocenters. The van der Waals surface area contributed by atoms with Crippen LogP contribution in [0.4, 0.5) is 5.69 Å². The van der Waals surface area contributed by atoms with Crippen LogP contribution in [0.25, 0.3) is 0 Å². The summed E-state index contributed by atoms with van der Waals surface area (Å²) in [7, 11) is 0. The van der Waals surface area contributed by atoms with E-state index in [2.05, 4.69) is 35.3 Å². The molecule has 1 heterocycles. The number of nitrogens with zero attached hydrogens (tertiary/aromatic N) is 1. The predicted octanol–water partition coefficient (Wildman–Crippen LogP) is 2.99. The highest BCUT2D eigenvalue weighted by Gasteiger charge is 2.25. The summed E-state index contributed by atoms with van der Waals surface area (Å²) < 4.78 is 0. The third-order valence-electron chi connectivity index (χ3n) is 4.84. The third kappa shape index (κ3) is 3.98. The summed E-state index contributed by atoms with van der Waals surface area (Å²) >= 11 is 0. The van der Waals surface area contributed by atoms with Crippen LogP contribution in [0.3, 0.4) is 0 Å². The molecule has 3 heteroatoms. The summed E-state index contributed by atoms with van der Waals surface area (Å²) in [5, 5.41) is 13.8. The molecule has 1 aromatic carbocycles. The normalized spacial score (nSPS) is 26.7. The molecule has 0 spiro atoms. The number of rotatable bonds is 4. The Bertz CT molecular complexity index is 494. The molecular weight excluding hydrogens is 260 g/mol. The number of anilines is 1. The van der Waals surface area contributed by atoms with Gasteiger partial charge in [-0.3, -0.25) is 0 Å². The maximum atomic E-state index is 10.2. The van der Waals surface area contributed by atoms with Crippen molar-refractivity contribution >= 4 is 5.69 Å². The maximum absolute atomic E-state index is 10.2. The van der Waals surface area contributed by atoms with Crippen molar-refractivity contribution in [1.29, 1.82) is 0 Å². The Balaban J connectivity index is 1.66. The summed E-state index contributed by atoms with van der Waals surface area (Å²) in [5.74, 6) is 0. The number of hydrogen-bond donors (Lipinski definition) is 2. The molecule has 0 amide bonds. The van der Waals surface area contributed by atoms with Gasteiger partial charge in [-0.15, -0.1) is 0 Å². The van der Waals surface area contributed by atoms with Crippen LogP contribution >= 0.6 is 0 Å². The quantitative estimate of drug-likeness (QED) is 0.894. The molecule has 21 heavy (non-hydrogen) atoms. The van der Waals surface area contributed by atoms with E-state index in [1.54, 1.807) is 0 Å². The van der Waals surface area contributed by atoms with Crippen molar-refractivity contribution < 1.29 is 5.11 Å². The van der Waals surface area contributed by atoms with Gasteiger partial charge in [-0.05, 0) is 63.1 Å². The SMILES string of the molecule is Cc1cc(CNC2CC2)ccc1N1CCCC(C)(O)CC1. The average Bonchev–Trinajstić information content (AvgIpc) is 3.25. The van der Waals surface area contributed by atoms with Crippen LogP contribution in [0, 0.1) is 6.92 Å². The minimum Gasteiger partial charge on any atom is -0.390 e. The first-order valence-electron chi connectivity index (χ1n) is 8.34. The predicted molar refractivity (Wildman–Crippen MR) is 87.7 cm³/mol. The van der Waals surface area contributed by atoms with Crippen molar-refractivity contribution in [2.24, 2.45) is 0 Å². The lowest BCUT2D eigenvalue weighted by Gasteiger charge is -2.26. The van der Waals surface area contributed by atoms with E-state index >= 15 is 0 Å². The Labute approximate surface area is 128 Å². The van der Waals surface area contributed by atoms with E-state index < -0.39 is 5.60 Å². The molecule has 0 bridgehead atoms. The second-order valence-corrected chi connectivity index (χ2v) is 7.11. The number of nitrogens with one attached hydrogen (secondary N) is 1. The monoisotopic (exact) mass is 288 g/mol. The van der Waals surface area contributed by atoms with E-state index in [1.807, 2.05) is 6.92 Å². The van der Waals surface area contributed by atoms with Gasteiger partial charge >= 0.3 is 0 Å². The smallest absolute Gasteiger partial charge is 0.0637 e. The van der Waals surface area contributed by atoms with Crippen LogP contribution in [0.1, 0.15) is 50.2 Å². The van der Waals surface area contributed by atoms with Crippen molar-refractivity contribution in [3.63, 3.8) is 0 Å². The summed E-state index contributed by atoms with van der Waals surface area (Å²) in [4.78, 5) is 2.44. The van der Waals surface area contributed by atoms with E-state index in [1.165, 1.54) is 29.7 Å². The minimum atomic E-state index is -0.489. The van der Waals surface area contributed by atoms with Gasteiger partial charge in [0.1, 0.15) is 0 Å². The summed E-state index contributed by atoms with van der Waals surface area (Å²) in [6.45, 7) is 7.17. The minimum absolute atomic E-state index is 0.489. The second-order valence-electron chi connectivity index (χ2n) is 7.11. The highest BCUT2D eigenvalue weighted by Crippen LogP contribution is 2.28. The van der Waals surface area contributed by atoms with Crippen LogP contribution in [-0.4, -0.2) is 29.8 Å². The standard InChI is InChI=1S/C18H28N2O/c1-14-12-15(13-19-16-5-6-16)4-7-17(14)20-10-3-8-18(2,21)9-11-20/h4,7,12,16,19,21H,3,5-6,8-11,13H2,1-2H3. The molecule has 1 atom stereocenters. The van der Waals surface area contributed by atoms with E-state index in [9.17, 15) is 5.11 Å². The van der Waals surface area contributed by atoms with Crippen LogP contribution < -0.4 is 10.2 Å². The number of aryl methyl sites for hydroxylation is 1. The number of hydrogen-bond acceptors (Lipinski definition) is 3. The molecule has 1 aromatic rings. The van der Waals surface area contributed by atoms with Crippen molar-refractivity contribution in [2.45, 2.75) is 64.1 Å². The van der Waals surface area contributed by atoms with Crippen molar-refractivity contribution in [3.8, 4) is 0 Å². The molecular formula is C18H28N2O. The van der Waals surface area contributed by atoms with Crippen LogP contribution in [0.5, 0.6) is 0 Å². The van der Waals surface area contributed by atoms with E-state index in [0.29, 0.717) is 0 Å². The van der Waals surface area contributed by atoms with Gasteiger partial charge in [-0.25, -0.2) is 0 Å². The zero-order valence-corrected chi connectivity index (χ0v) is 13.4. The Hall–Kier alpha value is -1.06. The number of aliphatic hydroxyl groups is 1. The van der Waals surface area contributed by atoms with E-state index in [-0.39, 0.29) is 0 Å². The summed E-state index contributed by atoms with van der Waals surface area (Å²) in [5.41, 5.74) is 3.58. The molecule has 0 aromatic heterocycles. The zero-order chi connectivity index (χ0) is 14.9. The van der Waals surface area contributed by atoms with E-state index in [0.717, 1.165) is 44.9 Å². The average molecular weight is 288 g/mol. The Morgan fingerprint density at radius 1 is 1.29 bits per heavy atom. The molecule has 1 saturated carbocycles. The highest BCUT2D eigenvalue weighted by atomic mass is 16.3. The number of benzene rings is 1. The van der Waals surface area contributed by atoms with Crippen molar-refractivity contribution in [3.05, 3.63) is 29.3 Å². The van der Waals surface area contributed by atoms with Gasteiger partial charge in [0.25, 0.3) is 0 Å². The van der Waals surface area contributed by atoms with Crippen molar-refractivity contribution in [1.82, 2.24) is 5.32 Å². The Morgan fingerprint density at radius 2 is 2.10 bits per heavy atom. The molecule has 1 aliphatic heterocycles. The highest BCUT2D eigenvalue weighted by molar-refractivity contribution is 5.54. The fourth-order valence-electron chi connectivity index (χ4n) is 3.24. The molecule has 1 aliphatic carbocycles. The topological polar surface area (TPSA) is 35.5 Å². The lowest BCUT2D eigenvalue weighted by molar-refractivity contribution is 0.0481. The van der Waals surface area contributed by atoms with Gasteiger partial charge in [0.05, 0.1) is 5.60 Å². The lowest BCUT2D eigenvalue weighted by atomic mass is 9.98. The molecule has 2 fully saturated rings. The molecule has 2 aliphatic rings. The molecule has 2 N–H and O–H groups in total. The second kappa shape index (κ2) is 5.98. The van der Waals surface area contributed by atoms with Gasteiger partial charge in [0, 0.05) is 31.4 Å². The largest absolute Gasteiger partial charge is 0.390 e. The fourth-order valence-corrected chi connectivity index (χ4v) is 3.24. The maximum Gasteiger partial charge on any atom is 0.0637 e. The molecule has 3 nitrogen and oxygen atoms in total. The summed E-state index contributed by atoms with van der Waals surface area (Å²) in [6.07, 6.45) is 5.51.